The third kappa shape index (κ3) is 4.77. The van der Waals surface area contributed by atoms with Gasteiger partial charge in [0.1, 0.15) is 5.82 Å². The molecule has 144 valence electrons. The minimum Gasteiger partial charge on any atom is -0.379 e. The van der Waals surface area contributed by atoms with E-state index in [2.05, 4.69) is 5.32 Å². The maximum absolute atomic E-state index is 12.9. The normalized spacial score (nSPS) is 20.8. The molecule has 0 aromatic heterocycles. The minimum atomic E-state index is -3.45. The fourth-order valence-electron chi connectivity index (χ4n) is 3.12. The van der Waals surface area contributed by atoms with Crippen LogP contribution in [-0.2, 0) is 19.7 Å². The van der Waals surface area contributed by atoms with Crippen LogP contribution in [0.2, 0.25) is 0 Å². The van der Waals surface area contributed by atoms with E-state index in [1.807, 2.05) is 0 Å². The van der Waals surface area contributed by atoms with Gasteiger partial charge in [-0.2, -0.15) is 17.0 Å². The summed E-state index contributed by atoms with van der Waals surface area (Å²) in [5.41, 5.74) is 0.546. The zero-order valence-corrected chi connectivity index (χ0v) is 15.3. The molecule has 1 aromatic carbocycles. The lowest BCUT2D eigenvalue weighted by molar-refractivity contribution is -0.895. The van der Waals surface area contributed by atoms with E-state index in [1.165, 1.54) is 32.9 Å². The molecule has 2 saturated heterocycles. The number of piperazine rings is 1. The fourth-order valence-corrected chi connectivity index (χ4v) is 4.70. The van der Waals surface area contributed by atoms with Crippen molar-refractivity contribution in [2.45, 2.75) is 0 Å². The average molecular weight is 387 g/mol. The van der Waals surface area contributed by atoms with Gasteiger partial charge in [0.05, 0.1) is 39.4 Å². The molecule has 0 aliphatic carbocycles. The molecule has 2 aliphatic heterocycles. The third-order valence-corrected chi connectivity index (χ3v) is 6.63. The molecule has 1 aromatic rings. The van der Waals surface area contributed by atoms with Crippen molar-refractivity contribution < 1.29 is 27.2 Å². The Labute approximate surface area is 152 Å². The van der Waals surface area contributed by atoms with Crippen LogP contribution in [0.1, 0.15) is 0 Å². The summed E-state index contributed by atoms with van der Waals surface area (Å²) in [4.78, 5) is 13.1. The highest BCUT2D eigenvalue weighted by Gasteiger charge is 2.34. The number of carbonyl (C=O) groups excluding carboxylic acids is 1. The van der Waals surface area contributed by atoms with Gasteiger partial charge in [0.15, 0.2) is 6.54 Å². The number of morpholine rings is 1. The molecule has 2 fully saturated rings. The van der Waals surface area contributed by atoms with Gasteiger partial charge < -0.3 is 15.0 Å². The first-order valence-corrected chi connectivity index (χ1v) is 10.1. The van der Waals surface area contributed by atoms with Crippen molar-refractivity contribution in [1.29, 1.82) is 0 Å². The number of nitrogens with one attached hydrogen (secondary N) is 2. The SMILES string of the molecule is O=C(C[NH+]1CCN(S(=O)(=O)N2CCOCC2)CC1)Nc1ccc(F)cc1. The molecule has 8 nitrogen and oxygen atoms in total. The van der Waals surface area contributed by atoms with E-state index in [-0.39, 0.29) is 18.3 Å². The summed E-state index contributed by atoms with van der Waals surface area (Å²) in [6, 6.07) is 5.60. The van der Waals surface area contributed by atoms with Crippen molar-refractivity contribution in [3.8, 4) is 0 Å². The largest absolute Gasteiger partial charge is 0.379 e. The van der Waals surface area contributed by atoms with Gasteiger partial charge in [-0.3, -0.25) is 4.79 Å². The summed E-state index contributed by atoms with van der Waals surface area (Å²) in [7, 11) is -3.45. The summed E-state index contributed by atoms with van der Waals surface area (Å²) in [5, 5.41) is 2.73. The lowest BCUT2D eigenvalue weighted by atomic mass is 10.3. The highest BCUT2D eigenvalue weighted by atomic mass is 32.2. The molecule has 0 atom stereocenters. The monoisotopic (exact) mass is 387 g/mol. The van der Waals surface area contributed by atoms with Crippen LogP contribution in [0, 0.1) is 5.82 Å². The smallest absolute Gasteiger partial charge is 0.282 e. The van der Waals surface area contributed by atoms with Crippen molar-refractivity contribution >= 4 is 21.8 Å². The Morgan fingerprint density at radius 2 is 1.65 bits per heavy atom. The lowest BCUT2D eigenvalue weighted by Gasteiger charge is -2.35. The van der Waals surface area contributed by atoms with Crippen LogP contribution in [0.5, 0.6) is 0 Å². The van der Waals surface area contributed by atoms with Gasteiger partial charge in [0.25, 0.3) is 16.1 Å². The van der Waals surface area contributed by atoms with Crippen molar-refractivity contribution in [3.63, 3.8) is 0 Å². The minimum absolute atomic E-state index is 0.170. The molecule has 0 saturated carbocycles. The van der Waals surface area contributed by atoms with Gasteiger partial charge in [-0.1, -0.05) is 0 Å². The van der Waals surface area contributed by atoms with E-state index < -0.39 is 10.2 Å². The quantitative estimate of drug-likeness (QED) is 0.647. The lowest BCUT2D eigenvalue weighted by Crippen LogP contribution is -3.15. The third-order valence-electron chi connectivity index (χ3n) is 4.59. The van der Waals surface area contributed by atoms with Crippen LogP contribution in [0.15, 0.2) is 24.3 Å². The average Bonchev–Trinajstić information content (AvgIpc) is 2.65. The van der Waals surface area contributed by atoms with Crippen LogP contribution in [0.25, 0.3) is 0 Å². The Morgan fingerprint density at radius 1 is 1.08 bits per heavy atom. The molecule has 1 amide bonds. The first kappa shape index (κ1) is 19.2. The van der Waals surface area contributed by atoms with E-state index >= 15 is 0 Å². The van der Waals surface area contributed by atoms with E-state index in [9.17, 15) is 17.6 Å². The molecule has 0 bridgehead atoms. The van der Waals surface area contributed by atoms with Gasteiger partial charge in [-0.15, -0.1) is 0 Å². The number of carbonyl (C=O) groups is 1. The Balaban J connectivity index is 1.47. The maximum Gasteiger partial charge on any atom is 0.282 e. The number of amides is 1. The van der Waals surface area contributed by atoms with E-state index in [4.69, 9.17) is 4.74 Å². The Morgan fingerprint density at radius 3 is 2.27 bits per heavy atom. The molecule has 2 aliphatic rings. The topological polar surface area (TPSA) is 83.4 Å². The molecule has 0 spiro atoms. The van der Waals surface area contributed by atoms with Crippen molar-refractivity contribution in [1.82, 2.24) is 8.61 Å². The van der Waals surface area contributed by atoms with Crippen molar-refractivity contribution in [3.05, 3.63) is 30.1 Å². The number of hydrogen-bond acceptors (Lipinski definition) is 4. The molecule has 10 heteroatoms. The number of quaternary nitrogens is 1. The number of ether oxygens (including phenoxy) is 1. The Hall–Kier alpha value is -1.59. The van der Waals surface area contributed by atoms with Gasteiger partial charge in [0, 0.05) is 18.8 Å². The van der Waals surface area contributed by atoms with Crippen LogP contribution in [0.4, 0.5) is 10.1 Å². The van der Waals surface area contributed by atoms with Gasteiger partial charge in [0.2, 0.25) is 0 Å². The summed E-state index contributed by atoms with van der Waals surface area (Å²) in [6.07, 6.45) is 0. The van der Waals surface area contributed by atoms with Crippen molar-refractivity contribution in [2.75, 3.05) is 64.3 Å². The molecule has 2 heterocycles. The Bertz CT molecular complexity index is 714. The maximum atomic E-state index is 12.9. The van der Waals surface area contributed by atoms with E-state index in [0.29, 0.717) is 58.2 Å². The number of nitrogens with zero attached hydrogens (tertiary/aromatic N) is 2. The van der Waals surface area contributed by atoms with Gasteiger partial charge >= 0.3 is 0 Å². The number of anilines is 1. The molecule has 26 heavy (non-hydrogen) atoms. The summed E-state index contributed by atoms with van der Waals surface area (Å²) >= 11 is 0. The first-order chi connectivity index (χ1) is 12.4. The second kappa shape index (κ2) is 8.40. The second-order valence-electron chi connectivity index (χ2n) is 6.40. The molecular weight excluding hydrogens is 363 g/mol. The first-order valence-electron chi connectivity index (χ1n) is 8.67. The molecule has 0 radical (unpaired) electrons. The highest BCUT2D eigenvalue weighted by molar-refractivity contribution is 7.86. The zero-order chi connectivity index (χ0) is 18.6. The zero-order valence-electron chi connectivity index (χ0n) is 14.5. The summed E-state index contributed by atoms with van der Waals surface area (Å²) in [5.74, 6) is -0.526. The number of rotatable bonds is 5. The number of hydrogen-bond donors (Lipinski definition) is 2. The van der Waals surface area contributed by atoms with E-state index in [0.717, 1.165) is 4.90 Å². The van der Waals surface area contributed by atoms with Gasteiger partial charge in [-0.05, 0) is 24.3 Å². The van der Waals surface area contributed by atoms with Crippen LogP contribution >= 0.6 is 0 Å². The summed E-state index contributed by atoms with van der Waals surface area (Å²) < 4.78 is 46.3. The molecule has 0 unspecified atom stereocenters. The Kier molecular flexibility index (Phi) is 6.20. The second-order valence-corrected chi connectivity index (χ2v) is 8.33. The highest BCUT2D eigenvalue weighted by Crippen LogP contribution is 2.11. The predicted molar refractivity (Wildman–Crippen MR) is 93.5 cm³/mol. The predicted octanol–water partition coefficient (Wildman–Crippen LogP) is -1.46. The van der Waals surface area contributed by atoms with E-state index in [1.54, 1.807) is 0 Å². The van der Waals surface area contributed by atoms with Crippen LogP contribution in [-0.4, -0.2) is 82.0 Å². The number of benzene rings is 1. The molecule has 3 rings (SSSR count). The fraction of sp³-hybridized carbons (Fsp3) is 0.562. The van der Waals surface area contributed by atoms with Crippen LogP contribution in [0.3, 0.4) is 0 Å². The molecule has 2 N–H and O–H groups in total. The van der Waals surface area contributed by atoms with Gasteiger partial charge in [-0.25, -0.2) is 4.39 Å². The molecular formula is C16H24FN4O4S+. The van der Waals surface area contributed by atoms with Crippen LogP contribution < -0.4 is 10.2 Å². The van der Waals surface area contributed by atoms with Crippen molar-refractivity contribution in [2.24, 2.45) is 0 Å². The standard InChI is InChI=1S/C16H23FN4O4S/c17-14-1-3-15(4-2-14)18-16(22)13-19-5-7-20(8-6-19)26(23,24)21-9-11-25-12-10-21/h1-4H,5-13H2,(H,18,22)/p+1. The summed E-state index contributed by atoms with van der Waals surface area (Å²) in [6.45, 7) is 3.79. The number of halogens is 1.